The maximum atomic E-state index is 11.9. The van der Waals surface area contributed by atoms with E-state index in [0.29, 0.717) is 11.0 Å². The first-order valence-electron chi connectivity index (χ1n) is 5.47. The number of hydrogen-bond acceptors (Lipinski definition) is 3. The van der Waals surface area contributed by atoms with Gasteiger partial charge in [0.1, 0.15) is 4.47 Å². The first-order valence-corrected chi connectivity index (χ1v) is 6.64. The van der Waals surface area contributed by atoms with Crippen molar-refractivity contribution in [3.63, 3.8) is 0 Å². The smallest absolute Gasteiger partial charge is 0.269 e. The Morgan fingerprint density at radius 1 is 1.71 bits per heavy atom. The van der Waals surface area contributed by atoms with Crippen molar-refractivity contribution in [2.24, 2.45) is 0 Å². The van der Waals surface area contributed by atoms with Crippen LogP contribution in [0, 0.1) is 0 Å². The van der Waals surface area contributed by atoms with Gasteiger partial charge in [-0.15, -0.1) is 0 Å². The Hall–Kier alpha value is -0.390. The van der Waals surface area contributed by atoms with Crippen molar-refractivity contribution in [2.75, 3.05) is 0 Å². The van der Waals surface area contributed by atoms with E-state index >= 15 is 0 Å². The Bertz CT molecular complexity index is 487. The molecular formula is C11H14BrClN2O2. The van der Waals surface area contributed by atoms with E-state index in [4.69, 9.17) is 16.3 Å². The first-order chi connectivity index (χ1) is 7.89. The van der Waals surface area contributed by atoms with E-state index < -0.39 is 0 Å². The Morgan fingerprint density at radius 2 is 2.41 bits per heavy atom. The van der Waals surface area contributed by atoms with Gasteiger partial charge in [-0.1, -0.05) is 11.6 Å². The predicted molar refractivity (Wildman–Crippen MR) is 69.4 cm³/mol. The molecule has 2 rings (SSSR count). The minimum Gasteiger partial charge on any atom is -0.370 e. The Balaban J connectivity index is 2.16. The molecule has 2 heterocycles. The van der Waals surface area contributed by atoms with Gasteiger partial charge in [0.2, 0.25) is 0 Å². The van der Waals surface area contributed by atoms with Crippen LogP contribution in [-0.2, 0) is 11.3 Å². The van der Waals surface area contributed by atoms with Crippen molar-refractivity contribution in [3.05, 3.63) is 26.3 Å². The fourth-order valence-electron chi connectivity index (χ4n) is 2.00. The Morgan fingerprint density at radius 3 is 3.00 bits per heavy atom. The maximum Gasteiger partial charge on any atom is 0.269 e. The number of nitrogens with zero attached hydrogens (tertiary/aromatic N) is 2. The second-order valence-electron chi connectivity index (χ2n) is 4.85. The summed E-state index contributed by atoms with van der Waals surface area (Å²) in [6.45, 7) is 4.64. The van der Waals surface area contributed by atoms with E-state index in [0.717, 1.165) is 12.8 Å². The Kier molecular flexibility index (Phi) is 3.61. The van der Waals surface area contributed by atoms with Crippen LogP contribution in [0.2, 0.25) is 5.15 Å². The van der Waals surface area contributed by atoms with E-state index in [-0.39, 0.29) is 22.4 Å². The summed E-state index contributed by atoms with van der Waals surface area (Å²) in [5.74, 6) is 0. The van der Waals surface area contributed by atoms with E-state index in [1.54, 1.807) is 0 Å². The summed E-state index contributed by atoms with van der Waals surface area (Å²) < 4.78 is 7.68. The number of halogens is 2. The summed E-state index contributed by atoms with van der Waals surface area (Å²) in [5, 5.41) is 0.193. The van der Waals surface area contributed by atoms with Crippen molar-refractivity contribution >= 4 is 27.5 Å². The number of hydrogen-bond donors (Lipinski definition) is 0. The molecule has 0 saturated carbocycles. The van der Waals surface area contributed by atoms with Crippen LogP contribution in [0.5, 0.6) is 0 Å². The molecule has 0 N–H and O–H groups in total. The van der Waals surface area contributed by atoms with Gasteiger partial charge in [-0.05, 0) is 42.6 Å². The highest BCUT2D eigenvalue weighted by Crippen LogP contribution is 2.29. The molecule has 0 amide bonds. The quantitative estimate of drug-likeness (QED) is 0.787. The van der Waals surface area contributed by atoms with Crippen molar-refractivity contribution in [1.29, 1.82) is 0 Å². The summed E-state index contributed by atoms with van der Waals surface area (Å²) in [4.78, 5) is 15.8. The van der Waals surface area contributed by atoms with Crippen LogP contribution in [0.3, 0.4) is 0 Å². The lowest BCUT2D eigenvalue weighted by Gasteiger charge is -2.19. The van der Waals surface area contributed by atoms with E-state index in [9.17, 15) is 4.79 Å². The molecule has 1 atom stereocenters. The molecular weight excluding hydrogens is 307 g/mol. The molecule has 0 aliphatic carbocycles. The summed E-state index contributed by atoms with van der Waals surface area (Å²) >= 11 is 8.88. The molecule has 94 valence electrons. The summed E-state index contributed by atoms with van der Waals surface area (Å²) in [6, 6.07) is 0. The molecule has 1 aromatic heterocycles. The van der Waals surface area contributed by atoms with Gasteiger partial charge < -0.3 is 4.74 Å². The molecule has 1 aromatic rings. The second-order valence-corrected chi connectivity index (χ2v) is 6.00. The number of rotatable bonds is 2. The standard InChI is InChI=1S/C11H14BrClN2O2/c1-11(2)4-3-7(17-11)5-15-6-14-9(13)8(12)10(15)16/h6-7H,3-5H2,1-2H3. The second kappa shape index (κ2) is 4.71. The lowest BCUT2D eigenvalue weighted by atomic mass is 10.1. The van der Waals surface area contributed by atoms with Gasteiger partial charge in [0.05, 0.1) is 24.6 Å². The average Bonchev–Trinajstić information content (AvgIpc) is 2.59. The molecule has 1 saturated heterocycles. The molecule has 0 radical (unpaired) electrons. The predicted octanol–water partition coefficient (Wildman–Crippen LogP) is 2.62. The van der Waals surface area contributed by atoms with Gasteiger partial charge >= 0.3 is 0 Å². The molecule has 1 fully saturated rings. The molecule has 0 bridgehead atoms. The molecule has 1 aliphatic rings. The normalized spacial score (nSPS) is 22.9. The fourth-order valence-corrected chi connectivity index (χ4v) is 2.45. The number of ether oxygens (including phenoxy) is 1. The minimum atomic E-state index is -0.168. The van der Waals surface area contributed by atoms with Crippen molar-refractivity contribution < 1.29 is 4.74 Å². The molecule has 0 aromatic carbocycles. The zero-order chi connectivity index (χ0) is 12.6. The summed E-state index contributed by atoms with van der Waals surface area (Å²) in [5.41, 5.74) is -0.260. The first kappa shape index (κ1) is 13.1. The highest BCUT2D eigenvalue weighted by atomic mass is 79.9. The van der Waals surface area contributed by atoms with Crippen LogP contribution in [0.4, 0.5) is 0 Å². The van der Waals surface area contributed by atoms with Crippen LogP contribution in [0.25, 0.3) is 0 Å². The zero-order valence-corrected chi connectivity index (χ0v) is 12.1. The van der Waals surface area contributed by atoms with Crippen molar-refractivity contribution in [2.45, 2.75) is 44.9 Å². The fraction of sp³-hybridized carbons (Fsp3) is 0.636. The highest BCUT2D eigenvalue weighted by Gasteiger charge is 2.31. The summed E-state index contributed by atoms with van der Waals surface area (Å²) in [6.07, 6.45) is 3.50. The zero-order valence-electron chi connectivity index (χ0n) is 9.74. The van der Waals surface area contributed by atoms with Crippen LogP contribution < -0.4 is 5.56 Å². The highest BCUT2D eigenvalue weighted by molar-refractivity contribution is 9.10. The third kappa shape index (κ3) is 2.89. The van der Waals surface area contributed by atoms with Gasteiger partial charge in [-0.3, -0.25) is 9.36 Å². The molecule has 17 heavy (non-hydrogen) atoms. The molecule has 1 aliphatic heterocycles. The molecule has 6 heteroatoms. The average molecular weight is 322 g/mol. The lowest BCUT2D eigenvalue weighted by Crippen LogP contribution is -2.29. The van der Waals surface area contributed by atoms with Gasteiger partial charge in [0.15, 0.2) is 5.15 Å². The monoisotopic (exact) mass is 320 g/mol. The maximum absolute atomic E-state index is 11.9. The van der Waals surface area contributed by atoms with Gasteiger partial charge in [0.25, 0.3) is 5.56 Å². The van der Waals surface area contributed by atoms with Crippen LogP contribution in [-0.4, -0.2) is 21.3 Å². The van der Waals surface area contributed by atoms with Crippen LogP contribution >= 0.6 is 27.5 Å². The molecule has 0 spiro atoms. The number of aromatic nitrogens is 2. The molecule has 1 unspecified atom stereocenters. The summed E-state index contributed by atoms with van der Waals surface area (Å²) in [7, 11) is 0. The van der Waals surface area contributed by atoms with Gasteiger partial charge in [-0.25, -0.2) is 4.98 Å². The SMILES string of the molecule is CC1(C)CCC(Cn2cnc(Cl)c(Br)c2=O)O1. The Labute approximate surface area is 113 Å². The third-order valence-corrected chi connectivity index (χ3v) is 4.12. The van der Waals surface area contributed by atoms with Gasteiger partial charge in [-0.2, -0.15) is 0 Å². The molecule has 4 nitrogen and oxygen atoms in total. The largest absolute Gasteiger partial charge is 0.370 e. The van der Waals surface area contributed by atoms with Crippen molar-refractivity contribution in [3.8, 4) is 0 Å². The van der Waals surface area contributed by atoms with E-state index in [1.165, 1.54) is 10.9 Å². The van der Waals surface area contributed by atoms with E-state index in [2.05, 4.69) is 34.8 Å². The van der Waals surface area contributed by atoms with Crippen LogP contribution in [0.15, 0.2) is 15.6 Å². The van der Waals surface area contributed by atoms with E-state index in [1.807, 2.05) is 0 Å². The lowest BCUT2D eigenvalue weighted by molar-refractivity contribution is -0.0221. The topological polar surface area (TPSA) is 44.1 Å². The minimum absolute atomic E-state index is 0.0672. The third-order valence-electron chi connectivity index (χ3n) is 2.89. The van der Waals surface area contributed by atoms with Crippen LogP contribution in [0.1, 0.15) is 26.7 Å². The van der Waals surface area contributed by atoms with Gasteiger partial charge in [0, 0.05) is 0 Å². The van der Waals surface area contributed by atoms with Crippen molar-refractivity contribution in [1.82, 2.24) is 9.55 Å².